The summed E-state index contributed by atoms with van der Waals surface area (Å²) in [6, 6.07) is 7.38. The van der Waals surface area contributed by atoms with Crippen LogP contribution >= 0.6 is 22.6 Å². The van der Waals surface area contributed by atoms with Crippen LogP contribution in [0.1, 0.15) is 13.3 Å². The average Bonchev–Trinajstić information content (AvgIpc) is 2.93. The first-order valence-corrected chi connectivity index (χ1v) is 8.77. The Kier molecular flexibility index (Phi) is 6.01. The molecule has 2 amide bonds. The third-order valence-corrected chi connectivity index (χ3v) is 4.00. The van der Waals surface area contributed by atoms with E-state index in [1.54, 1.807) is 9.80 Å². The largest absolute Gasteiger partial charge is 0.443 e. The van der Waals surface area contributed by atoms with Crippen LogP contribution in [0.5, 0.6) is 0 Å². The van der Waals surface area contributed by atoms with Crippen molar-refractivity contribution in [2.45, 2.75) is 19.4 Å². The standard InChI is InChI=1S/C15H20IN3O3/c1-2-14(20)18(8-7-16)11-3-5-12(6-4-11)19-10-13(9-17)22-15(19)21/h3-6,13H,2,7-10,17H2,1H3/t13-/m1/s1. The summed E-state index contributed by atoms with van der Waals surface area (Å²) >= 11 is 2.25. The first-order chi connectivity index (χ1) is 10.6. The number of amides is 2. The number of alkyl halides is 1. The lowest BCUT2D eigenvalue weighted by molar-refractivity contribution is -0.118. The summed E-state index contributed by atoms with van der Waals surface area (Å²) in [7, 11) is 0. The maximum Gasteiger partial charge on any atom is 0.414 e. The van der Waals surface area contributed by atoms with Crippen molar-refractivity contribution in [3.05, 3.63) is 24.3 Å². The maximum atomic E-state index is 12.0. The fraction of sp³-hybridized carbons (Fsp3) is 0.467. The van der Waals surface area contributed by atoms with Crippen molar-refractivity contribution in [3.63, 3.8) is 0 Å². The van der Waals surface area contributed by atoms with Crippen LogP contribution in [-0.2, 0) is 9.53 Å². The van der Waals surface area contributed by atoms with Gasteiger partial charge in [-0.15, -0.1) is 0 Å². The molecule has 120 valence electrons. The van der Waals surface area contributed by atoms with Crippen LogP contribution in [0.15, 0.2) is 24.3 Å². The van der Waals surface area contributed by atoms with Crippen molar-refractivity contribution < 1.29 is 14.3 Å². The van der Waals surface area contributed by atoms with Crippen molar-refractivity contribution in [1.82, 2.24) is 0 Å². The summed E-state index contributed by atoms with van der Waals surface area (Å²) in [5.74, 6) is 0.0909. The molecule has 1 fully saturated rings. The van der Waals surface area contributed by atoms with Gasteiger partial charge in [0.2, 0.25) is 5.91 Å². The Morgan fingerprint density at radius 2 is 2.14 bits per heavy atom. The molecule has 2 N–H and O–H groups in total. The minimum atomic E-state index is -0.378. The summed E-state index contributed by atoms with van der Waals surface area (Å²) in [4.78, 5) is 27.1. The molecular formula is C15H20IN3O3. The fourth-order valence-electron chi connectivity index (χ4n) is 2.34. The fourth-order valence-corrected chi connectivity index (χ4v) is 2.82. The number of hydrogen-bond donors (Lipinski definition) is 1. The molecule has 6 nitrogen and oxygen atoms in total. The molecule has 0 aromatic heterocycles. The van der Waals surface area contributed by atoms with E-state index in [4.69, 9.17) is 10.5 Å². The molecule has 0 radical (unpaired) electrons. The van der Waals surface area contributed by atoms with Crippen molar-refractivity contribution in [2.75, 3.05) is 33.9 Å². The van der Waals surface area contributed by atoms with E-state index < -0.39 is 0 Å². The number of rotatable bonds is 6. The predicted molar refractivity (Wildman–Crippen MR) is 94.6 cm³/mol. The Bertz CT molecular complexity index is 535. The Balaban J connectivity index is 2.15. The first kappa shape index (κ1) is 17.0. The van der Waals surface area contributed by atoms with E-state index in [0.29, 0.717) is 26.1 Å². The Morgan fingerprint density at radius 3 is 2.64 bits per heavy atom. The Labute approximate surface area is 143 Å². The van der Waals surface area contributed by atoms with Gasteiger partial charge in [-0.25, -0.2) is 4.79 Å². The second-order valence-electron chi connectivity index (χ2n) is 4.96. The van der Waals surface area contributed by atoms with E-state index in [-0.39, 0.29) is 18.1 Å². The predicted octanol–water partition coefficient (Wildman–Crippen LogP) is 2.15. The van der Waals surface area contributed by atoms with Gasteiger partial charge in [0, 0.05) is 35.3 Å². The van der Waals surface area contributed by atoms with Crippen LogP contribution in [0.25, 0.3) is 0 Å². The van der Waals surface area contributed by atoms with Gasteiger partial charge in [-0.05, 0) is 24.3 Å². The van der Waals surface area contributed by atoms with E-state index in [0.717, 1.165) is 15.8 Å². The molecule has 0 bridgehead atoms. The first-order valence-electron chi connectivity index (χ1n) is 7.25. The van der Waals surface area contributed by atoms with Gasteiger partial charge >= 0.3 is 6.09 Å². The number of nitrogens with zero attached hydrogens (tertiary/aromatic N) is 2. The number of cyclic esters (lactones) is 1. The normalized spacial score (nSPS) is 17.5. The summed E-state index contributed by atoms with van der Waals surface area (Å²) in [5, 5.41) is 0. The number of carbonyl (C=O) groups is 2. The quantitative estimate of drug-likeness (QED) is 0.569. The van der Waals surface area contributed by atoms with Crippen LogP contribution in [0, 0.1) is 0 Å². The monoisotopic (exact) mass is 417 g/mol. The molecule has 1 saturated heterocycles. The Hall–Kier alpha value is -1.35. The van der Waals surface area contributed by atoms with Crippen molar-refractivity contribution in [2.24, 2.45) is 5.73 Å². The molecule has 0 aliphatic carbocycles. The molecule has 1 aliphatic rings. The highest BCUT2D eigenvalue weighted by Crippen LogP contribution is 2.25. The van der Waals surface area contributed by atoms with E-state index in [9.17, 15) is 9.59 Å². The third kappa shape index (κ3) is 3.70. The minimum Gasteiger partial charge on any atom is -0.443 e. The molecule has 1 aromatic carbocycles. The zero-order valence-electron chi connectivity index (χ0n) is 12.5. The smallest absolute Gasteiger partial charge is 0.414 e. The lowest BCUT2D eigenvalue weighted by atomic mass is 10.2. The lowest BCUT2D eigenvalue weighted by Gasteiger charge is -2.22. The van der Waals surface area contributed by atoms with Crippen molar-refractivity contribution in [3.8, 4) is 0 Å². The van der Waals surface area contributed by atoms with Crippen molar-refractivity contribution >= 4 is 46.0 Å². The van der Waals surface area contributed by atoms with E-state index in [1.165, 1.54) is 0 Å². The molecule has 7 heteroatoms. The average molecular weight is 417 g/mol. The number of nitrogens with two attached hydrogens (primary N) is 1. The molecule has 22 heavy (non-hydrogen) atoms. The minimum absolute atomic E-state index is 0.0909. The number of carbonyl (C=O) groups excluding carboxylic acids is 2. The summed E-state index contributed by atoms with van der Waals surface area (Å²) in [6.45, 7) is 3.30. The van der Waals surface area contributed by atoms with Gasteiger partial charge < -0.3 is 15.4 Å². The summed E-state index contributed by atoms with van der Waals surface area (Å²) < 4.78 is 6.01. The highest BCUT2D eigenvalue weighted by molar-refractivity contribution is 14.1. The zero-order chi connectivity index (χ0) is 16.1. The van der Waals surface area contributed by atoms with Gasteiger partial charge in [0.15, 0.2) is 0 Å². The van der Waals surface area contributed by atoms with E-state index in [1.807, 2.05) is 31.2 Å². The SMILES string of the molecule is CCC(=O)N(CCI)c1ccc(N2C[C@@H](CN)OC2=O)cc1. The maximum absolute atomic E-state index is 12.0. The summed E-state index contributed by atoms with van der Waals surface area (Å²) in [6.07, 6.45) is -0.170. The molecule has 1 aromatic rings. The topological polar surface area (TPSA) is 75.9 Å². The van der Waals surface area contributed by atoms with Gasteiger partial charge in [-0.2, -0.15) is 0 Å². The highest BCUT2D eigenvalue weighted by atomic mass is 127. The molecule has 0 unspecified atom stereocenters. The highest BCUT2D eigenvalue weighted by Gasteiger charge is 2.31. The number of hydrogen-bond acceptors (Lipinski definition) is 4. The molecule has 1 atom stereocenters. The molecule has 1 heterocycles. The van der Waals surface area contributed by atoms with Gasteiger partial charge in [-0.1, -0.05) is 29.5 Å². The zero-order valence-corrected chi connectivity index (χ0v) is 14.7. The number of halogens is 1. The summed E-state index contributed by atoms with van der Waals surface area (Å²) in [5.41, 5.74) is 7.13. The second-order valence-corrected chi connectivity index (χ2v) is 6.04. The number of benzene rings is 1. The Morgan fingerprint density at radius 1 is 1.45 bits per heavy atom. The second kappa shape index (κ2) is 7.77. The van der Waals surface area contributed by atoms with Crippen LogP contribution in [0.2, 0.25) is 0 Å². The third-order valence-electron chi connectivity index (χ3n) is 3.52. The molecule has 2 rings (SSSR count). The molecule has 0 spiro atoms. The van der Waals surface area contributed by atoms with Crippen LogP contribution in [-0.4, -0.2) is 42.2 Å². The van der Waals surface area contributed by atoms with Crippen LogP contribution in [0.3, 0.4) is 0 Å². The molecular weight excluding hydrogens is 397 g/mol. The molecule has 0 saturated carbocycles. The number of ether oxygens (including phenoxy) is 1. The van der Waals surface area contributed by atoms with Gasteiger partial charge in [-0.3, -0.25) is 9.69 Å². The molecule has 1 aliphatic heterocycles. The van der Waals surface area contributed by atoms with Gasteiger partial charge in [0.05, 0.1) is 6.54 Å². The van der Waals surface area contributed by atoms with Crippen LogP contribution < -0.4 is 15.5 Å². The van der Waals surface area contributed by atoms with Gasteiger partial charge in [0.1, 0.15) is 6.10 Å². The number of anilines is 2. The van der Waals surface area contributed by atoms with E-state index >= 15 is 0 Å². The van der Waals surface area contributed by atoms with Crippen molar-refractivity contribution in [1.29, 1.82) is 0 Å². The lowest BCUT2D eigenvalue weighted by Crippen LogP contribution is -2.32. The van der Waals surface area contributed by atoms with E-state index in [2.05, 4.69) is 22.6 Å². The van der Waals surface area contributed by atoms with Crippen LogP contribution in [0.4, 0.5) is 16.2 Å². The van der Waals surface area contributed by atoms with Gasteiger partial charge in [0.25, 0.3) is 0 Å².